The molecule has 0 aliphatic heterocycles. The third-order valence-corrected chi connectivity index (χ3v) is 7.33. The average molecular weight is 622 g/mol. The highest BCUT2D eigenvalue weighted by Crippen LogP contribution is 2.39. The molecule has 8 heteroatoms. The molecule has 3 aromatic carbocycles. The Morgan fingerprint density at radius 3 is 2.35 bits per heavy atom. The molecule has 0 amide bonds. The van der Waals surface area contributed by atoms with Gasteiger partial charge in [0.05, 0.1) is 24.3 Å². The number of alkyl halides is 1. The van der Waals surface area contributed by atoms with Crippen molar-refractivity contribution in [3.63, 3.8) is 0 Å². The SMILES string of the molecule is COc1cc(Cl)c(OCc2cccc(-c3cccc(OCCCBr)c3C)c2C)cc1OCc1cncc(C#N)c1. The first kappa shape index (κ1) is 29.3. The first-order valence-corrected chi connectivity index (χ1v) is 14.3. The van der Waals surface area contributed by atoms with Crippen LogP contribution in [0.2, 0.25) is 5.02 Å². The Balaban J connectivity index is 1.53. The number of nitriles is 1. The Morgan fingerprint density at radius 1 is 0.850 bits per heavy atom. The maximum absolute atomic E-state index is 9.13. The molecule has 0 unspecified atom stereocenters. The minimum atomic E-state index is 0.208. The van der Waals surface area contributed by atoms with Gasteiger partial charge in [-0.3, -0.25) is 4.98 Å². The smallest absolute Gasteiger partial charge is 0.165 e. The molecule has 1 heterocycles. The first-order chi connectivity index (χ1) is 19.4. The molecular weight excluding hydrogens is 592 g/mol. The van der Waals surface area contributed by atoms with Crippen molar-refractivity contribution >= 4 is 27.5 Å². The summed E-state index contributed by atoms with van der Waals surface area (Å²) in [5, 5.41) is 10.4. The van der Waals surface area contributed by atoms with E-state index in [0.717, 1.165) is 50.9 Å². The summed E-state index contributed by atoms with van der Waals surface area (Å²) in [5.41, 5.74) is 6.75. The van der Waals surface area contributed by atoms with Crippen LogP contribution >= 0.6 is 27.5 Å². The van der Waals surface area contributed by atoms with Gasteiger partial charge in [0.2, 0.25) is 0 Å². The second-order valence-corrected chi connectivity index (χ2v) is 10.3. The number of benzene rings is 3. The van der Waals surface area contributed by atoms with E-state index in [1.807, 2.05) is 18.2 Å². The monoisotopic (exact) mass is 620 g/mol. The van der Waals surface area contributed by atoms with Crippen molar-refractivity contribution in [2.75, 3.05) is 19.0 Å². The van der Waals surface area contributed by atoms with Gasteiger partial charge in [0.25, 0.3) is 0 Å². The van der Waals surface area contributed by atoms with Gasteiger partial charge in [0.1, 0.15) is 30.8 Å². The van der Waals surface area contributed by atoms with Crippen molar-refractivity contribution in [1.82, 2.24) is 4.98 Å². The number of nitrogens with zero attached hydrogens (tertiary/aromatic N) is 2. The van der Waals surface area contributed by atoms with Crippen LogP contribution < -0.4 is 18.9 Å². The van der Waals surface area contributed by atoms with Gasteiger partial charge in [-0.25, -0.2) is 0 Å². The van der Waals surface area contributed by atoms with Crippen LogP contribution in [-0.2, 0) is 13.2 Å². The number of halogens is 2. The van der Waals surface area contributed by atoms with E-state index in [4.69, 9.17) is 35.8 Å². The maximum Gasteiger partial charge on any atom is 0.165 e. The molecule has 6 nitrogen and oxygen atoms in total. The summed E-state index contributed by atoms with van der Waals surface area (Å²) in [6.07, 6.45) is 4.11. The molecule has 1 aromatic heterocycles. The van der Waals surface area contributed by atoms with E-state index in [1.54, 1.807) is 31.5 Å². The number of rotatable bonds is 12. The molecule has 0 aliphatic rings. The van der Waals surface area contributed by atoms with Gasteiger partial charge in [-0.15, -0.1) is 0 Å². The zero-order chi connectivity index (χ0) is 28.5. The summed E-state index contributed by atoms with van der Waals surface area (Å²) in [6.45, 7) is 5.38. The Labute approximate surface area is 248 Å². The predicted octanol–water partition coefficient (Wildman–Crippen LogP) is 8.22. The normalized spacial score (nSPS) is 10.6. The molecule has 206 valence electrons. The molecule has 0 bridgehead atoms. The summed E-state index contributed by atoms with van der Waals surface area (Å²) in [4.78, 5) is 4.08. The number of ether oxygens (including phenoxy) is 4. The molecule has 0 aliphatic carbocycles. The van der Waals surface area contributed by atoms with E-state index in [-0.39, 0.29) is 6.61 Å². The van der Waals surface area contributed by atoms with E-state index >= 15 is 0 Å². The number of hydrogen-bond acceptors (Lipinski definition) is 6. The molecular formula is C32H30BrClN2O4. The number of aromatic nitrogens is 1. The maximum atomic E-state index is 9.13. The van der Waals surface area contributed by atoms with Crippen LogP contribution in [0.1, 0.15) is 34.2 Å². The predicted molar refractivity (Wildman–Crippen MR) is 161 cm³/mol. The van der Waals surface area contributed by atoms with Crippen molar-refractivity contribution in [2.24, 2.45) is 0 Å². The van der Waals surface area contributed by atoms with Crippen molar-refractivity contribution < 1.29 is 18.9 Å². The number of methoxy groups -OCH3 is 1. The van der Waals surface area contributed by atoms with E-state index < -0.39 is 0 Å². The minimum absolute atomic E-state index is 0.208. The van der Waals surface area contributed by atoms with Gasteiger partial charge in [0.15, 0.2) is 11.5 Å². The summed E-state index contributed by atoms with van der Waals surface area (Å²) < 4.78 is 23.7. The largest absolute Gasteiger partial charge is 0.493 e. The quantitative estimate of drug-likeness (QED) is 0.117. The lowest BCUT2D eigenvalue weighted by Gasteiger charge is -2.18. The van der Waals surface area contributed by atoms with E-state index in [0.29, 0.717) is 41.0 Å². The Morgan fingerprint density at radius 2 is 1.60 bits per heavy atom. The third kappa shape index (κ3) is 7.07. The van der Waals surface area contributed by atoms with E-state index in [2.05, 4.69) is 59.0 Å². The fourth-order valence-electron chi connectivity index (χ4n) is 4.27. The van der Waals surface area contributed by atoms with Crippen molar-refractivity contribution in [1.29, 1.82) is 5.26 Å². The van der Waals surface area contributed by atoms with Crippen LogP contribution in [0.15, 0.2) is 67.0 Å². The van der Waals surface area contributed by atoms with Crippen molar-refractivity contribution in [3.05, 3.63) is 99.8 Å². The van der Waals surface area contributed by atoms with Crippen molar-refractivity contribution in [2.45, 2.75) is 33.5 Å². The summed E-state index contributed by atoms with van der Waals surface area (Å²) in [5.74, 6) is 2.33. The van der Waals surface area contributed by atoms with Crippen LogP contribution in [0.5, 0.6) is 23.0 Å². The summed E-state index contributed by atoms with van der Waals surface area (Å²) >= 11 is 9.99. The van der Waals surface area contributed by atoms with Gasteiger partial charge in [-0.05, 0) is 60.2 Å². The minimum Gasteiger partial charge on any atom is -0.493 e. The highest BCUT2D eigenvalue weighted by molar-refractivity contribution is 9.09. The van der Waals surface area contributed by atoms with Gasteiger partial charge in [-0.1, -0.05) is 57.9 Å². The molecule has 40 heavy (non-hydrogen) atoms. The van der Waals surface area contributed by atoms with Crippen LogP contribution in [0, 0.1) is 25.2 Å². The summed E-state index contributed by atoms with van der Waals surface area (Å²) in [7, 11) is 1.55. The number of pyridine rings is 1. The van der Waals surface area contributed by atoms with Crippen LogP contribution in [0.3, 0.4) is 0 Å². The number of hydrogen-bond donors (Lipinski definition) is 0. The second kappa shape index (κ2) is 14.1. The van der Waals surface area contributed by atoms with Crippen LogP contribution in [-0.4, -0.2) is 24.0 Å². The Bertz CT molecular complexity index is 1520. The van der Waals surface area contributed by atoms with Gasteiger partial charge < -0.3 is 18.9 Å². The molecule has 0 saturated carbocycles. The molecule has 4 aromatic rings. The topological polar surface area (TPSA) is 73.6 Å². The molecule has 0 spiro atoms. The van der Waals surface area contributed by atoms with E-state index in [9.17, 15) is 0 Å². The molecule has 4 rings (SSSR count). The van der Waals surface area contributed by atoms with Gasteiger partial charge >= 0.3 is 0 Å². The zero-order valence-electron chi connectivity index (χ0n) is 22.7. The van der Waals surface area contributed by atoms with Crippen LogP contribution in [0.4, 0.5) is 0 Å². The molecule has 0 atom stereocenters. The lowest BCUT2D eigenvalue weighted by molar-refractivity contribution is 0.274. The fraction of sp³-hybridized carbons (Fsp3) is 0.250. The molecule has 0 N–H and O–H groups in total. The highest BCUT2D eigenvalue weighted by Gasteiger charge is 2.15. The third-order valence-electron chi connectivity index (χ3n) is 6.48. The fourth-order valence-corrected chi connectivity index (χ4v) is 4.71. The van der Waals surface area contributed by atoms with Gasteiger partial charge in [0, 0.05) is 35.4 Å². The van der Waals surface area contributed by atoms with Crippen LogP contribution in [0.25, 0.3) is 11.1 Å². The summed E-state index contributed by atoms with van der Waals surface area (Å²) in [6, 6.07) is 19.6. The van der Waals surface area contributed by atoms with Gasteiger partial charge in [-0.2, -0.15) is 5.26 Å². The lowest BCUT2D eigenvalue weighted by atomic mass is 9.93. The highest BCUT2D eigenvalue weighted by atomic mass is 79.9. The zero-order valence-corrected chi connectivity index (χ0v) is 25.0. The molecule has 0 saturated heterocycles. The van der Waals surface area contributed by atoms with Crippen molar-refractivity contribution in [3.8, 4) is 40.2 Å². The Kier molecular flexibility index (Phi) is 10.3. The van der Waals surface area contributed by atoms with E-state index in [1.165, 1.54) is 6.20 Å². The molecule has 0 radical (unpaired) electrons. The average Bonchev–Trinajstić information content (AvgIpc) is 2.97. The standard InChI is InChI=1S/C32H30BrClN2O4/c1-21-25(7-4-8-26(21)27-9-5-10-29(22(27)2)38-12-6-11-33)20-40-30-15-32(31(37-3)14-28(30)34)39-19-24-13-23(16-35)17-36-18-24/h4-5,7-10,13-15,17-18H,6,11-12,19-20H2,1-3H3. The second-order valence-electron chi connectivity index (χ2n) is 9.11. The first-order valence-electron chi connectivity index (χ1n) is 12.8. The lowest BCUT2D eigenvalue weighted by Crippen LogP contribution is -2.03. The Hall–Kier alpha value is -3.73. The molecule has 0 fully saturated rings.